The van der Waals surface area contributed by atoms with Crippen LogP contribution in [-0.2, 0) is 0 Å². The average Bonchev–Trinajstić information content (AvgIpc) is 2.86. The lowest BCUT2D eigenvalue weighted by atomic mass is 10.2. The van der Waals surface area contributed by atoms with Crippen molar-refractivity contribution in [3.8, 4) is 22.8 Å². The van der Waals surface area contributed by atoms with Crippen molar-refractivity contribution in [3.63, 3.8) is 0 Å². The molecule has 0 aliphatic heterocycles. The lowest BCUT2D eigenvalue weighted by Crippen LogP contribution is -2.12. The third kappa shape index (κ3) is 4.56. The summed E-state index contributed by atoms with van der Waals surface area (Å²) in [6.07, 6.45) is 5.02. The Labute approximate surface area is 192 Å². The number of nitrogens with one attached hydrogen (secondary N) is 1. The van der Waals surface area contributed by atoms with E-state index in [1.54, 1.807) is 36.8 Å². The van der Waals surface area contributed by atoms with E-state index in [0.717, 1.165) is 11.6 Å². The number of amides is 1. The molecule has 0 atom stereocenters. The minimum absolute atomic E-state index is 0.0900. The van der Waals surface area contributed by atoms with Gasteiger partial charge in [0.15, 0.2) is 11.6 Å². The van der Waals surface area contributed by atoms with Gasteiger partial charge in [-0.1, -0.05) is 6.07 Å². The van der Waals surface area contributed by atoms with Gasteiger partial charge in [-0.05, 0) is 54.6 Å². The van der Waals surface area contributed by atoms with Crippen LogP contribution in [0.3, 0.4) is 0 Å². The SMILES string of the molecule is O=C(Nc1ccc(F)c(Oc2ccc3ncc(-c4cccnc4)nc3c2)c1)c1cccc(F)c1. The maximum Gasteiger partial charge on any atom is 0.255 e. The Morgan fingerprint density at radius 1 is 0.882 bits per heavy atom. The van der Waals surface area contributed by atoms with E-state index in [4.69, 9.17) is 4.74 Å². The minimum atomic E-state index is -0.612. The fourth-order valence-corrected chi connectivity index (χ4v) is 3.33. The van der Waals surface area contributed by atoms with Crippen molar-refractivity contribution in [2.45, 2.75) is 0 Å². The van der Waals surface area contributed by atoms with E-state index < -0.39 is 17.5 Å². The number of fused-ring (bicyclic) bond motifs is 1. The highest BCUT2D eigenvalue weighted by Gasteiger charge is 2.12. The van der Waals surface area contributed by atoms with Crippen molar-refractivity contribution in [3.05, 3.63) is 109 Å². The van der Waals surface area contributed by atoms with Crippen molar-refractivity contribution in [2.24, 2.45) is 0 Å². The van der Waals surface area contributed by atoms with Crippen LogP contribution in [0.2, 0.25) is 0 Å². The van der Waals surface area contributed by atoms with E-state index >= 15 is 0 Å². The van der Waals surface area contributed by atoms with Crippen LogP contribution in [0.25, 0.3) is 22.3 Å². The Hall–Kier alpha value is -4.72. The molecule has 5 aromatic rings. The molecule has 5 rings (SSSR count). The fraction of sp³-hybridized carbons (Fsp3) is 0. The summed E-state index contributed by atoms with van der Waals surface area (Å²) in [7, 11) is 0. The van der Waals surface area contributed by atoms with Gasteiger partial charge in [-0.25, -0.2) is 13.8 Å². The summed E-state index contributed by atoms with van der Waals surface area (Å²) in [4.78, 5) is 25.5. The van der Waals surface area contributed by atoms with Crippen molar-refractivity contribution >= 4 is 22.6 Å². The second kappa shape index (κ2) is 9.03. The monoisotopic (exact) mass is 454 g/mol. The molecule has 6 nitrogen and oxygen atoms in total. The van der Waals surface area contributed by atoms with E-state index in [9.17, 15) is 13.6 Å². The second-order valence-electron chi connectivity index (χ2n) is 7.36. The first-order valence-electron chi connectivity index (χ1n) is 10.3. The smallest absolute Gasteiger partial charge is 0.255 e. The topological polar surface area (TPSA) is 77.0 Å². The predicted molar refractivity (Wildman–Crippen MR) is 124 cm³/mol. The number of aromatic nitrogens is 3. The van der Waals surface area contributed by atoms with Gasteiger partial charge in [-0.3, -0.25) is 14.8 Å². The molecule has 0 aliphatic carbocycles. The highest BCUT2D eigenvalue weighted by atomic mass is 19.1. The number of pyridine rings is 1. The molecule has 2 aromatic heterocycles. The van der Waals surface area contributed by atoms with Gasteiger partial charge in [0.1, 0.15) is 11.6 Å². The molecule has 0 spiro atoms. The zero-order valence-corrected chi connectivity index (χ0v) is 17.6. The Morgan fingerprint density at radius 3 is 2.62 bits per heavy atom. The van der Waals surface area contributed by atoms with Crippen molar-refractivity contribution in [2.75, 3.05) is 5.32 Å². The normalized spacial score (nSPS) is 10.8. The highest BCUT2D eigenvalue weighted by Crippen LogP contribution is 2.30. The number of carbonyl (C=O) groups is 1. The predicted octanol–water partition coefficient (Wildman–Crippen LogP) is 6.01. The largest absolute Gasteiger partial charge is 0.454 e. The molecule has 1 amide bonds. The number of benzene rings is 3. The molecule has 0 saturated carbocycles. The van der Waals surface area contributed by atoms with Crippen LogP contribution in [-0.4, -0.2) is 20.9 Å². The number of nitrogens with zero attached hydrogens (tertiary/aromatic N) is 3. The Balaban J connectivity index is 1.40. The van der Waals surface area contributed by atoms with Crippen LogP contribution in [0.5, 0.6) is 11.5 Å². The molecule has 0 aliphatic rings. The maximum absolute atomic E-state index is 14.4. The molecule has 2 heterocycles. The number of hydrogen-bond acceptors (Lipinski definition) is 5. The molecule has 0 unspecified atom stereocenters. The number of anilines is 1. The van der Waals surface area contributed by atoms with E-state index in [0.29, 0.717) is 28.2 Å². The summed E-state index contributed by atoms with van der Waals surface area (Å²) in [6.45, 7) is 0. The quantitative estimate of drug-likeness (QED) is 0.352. The van der Waals surface area contributed by atoms with E-state index in [1.807, 2.05) is 12.1 Å². The van der Waals surface area contributed by atoms with Crippen LogP contribution in [0, 0.1) is 11.6 Å². The standard InChI is InChI=1S/C26H16F2N4O2/c27-18-5-1-3-16(11-18)26(33)31-19-6-8-21(28)25(12-19)34-20-7-9-22-23(13-20)32-24(15-30-22)17-4-2-10-29-14-17/h1-15H,(H,31,33). The first kappa shape index (κ1) is 21.1. The van der Waals surface area contributed by atoms with Gasteiger partial charge in [0.2, 0.25) is 0 Å². The Kier molecular flexibility index (Phi) is 5.61. The first-order valence-corrected chi connectivity index (χ1v) is 10.3. The summed E-state index contributed by atoms with van der Waals surface area (Å²) in [5.74, 6) is -1.41. The second-order valence-corrected chi connectivity index (χ2v) is 7.36. The molecule has 0 fully saturated rings. The molecular weight excluding hydrogens is 438 g/mol. The Morgan fingerprint density at radius 2 is 1.79 bits per heavy atom. The van der Waals surface area contributed by atoms with E-state index in [-0.39, 0.29) is 11.3 Å². The molecule has 0 saturated heterocycles. The van der Waals surface area contributed by atoms with Crippen LogP contribution in [0.15, 0.2) is 91.4 Å². The van der Waals surface area contributed by atoms with Gasteiger partial charge in [-0.15, -0.1) is 0 Å². The van der Waals surface area contributed by atoms with E-state index in [1.165, 1.54) is 36.4 Å². The van der Waals surface area contributed by atoms with Gasteiger partial charge in [-0.2, -0.15) is 0 Å². The van der Waals surface area contributed by atoms with Crippen LogP contribution >= 0.6 is 0 Å². The van der Waals surface area contributed by atoms with Crippen LogP contribution in [0.1, 0.15) is 10.4 Å². The summed E-state index contributed by atoms with van der Waals surface area (Å²) >= 11 is 0. The fourth-order valence-electron chi connectivity index (χ4n) is 3.33. The van der Waals surface area contributed by atoms with Crippen molar-refractivity contribution < 1.29 is 18.3 Å². The summed E-state index contributed by atoms with van der Waals surface area (Å²) in [5, 5.41) is 2.61. The first-order chi connectivity index (χ1) is 16.5. The minimum Gasteiger partial charge on any atom is -0.454 e. The summed E-state index contributed by atoms with van der Waals surface area (Å²) in [6, 6.07) is 17.9. The van der Waals surface area contributed by atoms with Crippen LogP contribution < -0.4 is 10.1 Å². The molecule has 166 valence electrons. The highest BCUT2D eigenvalue weighted by molar-refractivity contribution is 6.04. The summed E-state index contributed by atoms with van der Waals surface area (Å²) in [5.41, 5.74) is 3.11. The number of rotatable bonds is 5. The molecule has 0 radical (unpaired) electrons. The van der Waals surface area contributed by atoms with Gasteiger partial charge in [0.25, 0.3) is 5.91 Å². The van der Waals surface area contributed by atoms with Crippen molar-refractivity contribution in [1.82, 2.24) is 15.0 Å². The average molecular weight is 454 g/mol. The molecule has 3 aromatic carbocycles. The number of halogens is 2. The molecule has 8 heteroatoms. The molecule has 34 heavy (non-hydrogen) atoms. The lowest BCUT2D eigenvalue weighted by molar-refractivity contribution is 0.102. The van der Waals surface area contributed by atoms with Gasteiger partial charge >= 0.3 is 0 Å². The summed E-state index contributed by atoms with van der Waals surface area (Å²) < 4.78 is 33.6. The Bertz CT molecular complexity index is 1510. The van der Waals surface area contributed by atoms with Gasteiger partial charge in [0.05, 0.1) is 22.9 Å². The maximum atomic E-state index is 14.4. The lowest BCUT2D eigenvalue weighted by Gasteiger charge is -2.11. The molecule has 1 N–H and O–H groups in total. The van der Waals surface area contributed by atoms with E-state index in [2.05, 4.69) is 20.3 Å². The number of carbonyl (C=O) groups excluding carboxylic acids is 1. The number of hydrogen-bond donors (Lipinski definition) is 1. The van der Waals surface area contributed by atoms with Crippen molar-refractivity contribution in [1.29, 1.82) is 0 Å². The number of ether oxygens (including phenoxy) is 1. The molecule has 0 bridgehead atoms. The third-order valence-electron chi connectivity index (χ3n) is 4.97. The van der Waals surface area contributed by atoms with Gasteiger partial charge < -0.3 is 10.1 Å². The zero-order chi connectivity index (χ0) is 23.5. The third-order valence-corrected chi connectivity index (χ3v) is 4.97. The van der Waals surface area contributed by atoms with Gasteiger partial charge in [0, 0.05) is 41.3 Å². The zero-order valence-electron chi connectivity index (χ0n) is 17.6. The van der Waals surface area contributed by atoms with Crippen LogP contribution in [0.4, 0.5) is 14.5 Å². The molecular formula is C26H16F2N4O2.